The first-order chi connectivity index (χ1) is 35.5. The zero-order valence-electron chi connectivity index (χ0n) is 48.7. The summed E-state index contributed by atoms with van der Waals surface area (Å²) in [7, 11) is 1.30. The molecule has 2 saturated carbocycles. The Labute approximate surface area is 458 Å². The molecule has 10 N–H and O–H groups in total. The fourth-order valence-corrected chi connectivity index (χ4v) is 8.73. The van der Waals surface area contributed by atoms with Gasteiger partial charge >= 0.3 is 30.5 Å². The quantitative estimate of drug-likeness (QED) is 0.0936. The van der Waals surface area contributed by atoms with Crippen LogP contribution >= 0.6 is 0 Å². The molecule has 0 unspecified atom stereocenters. The zero-order chi connectivity index (χ0) is 59.1. The highest BCUT2D eigenvalue weighted by Gasteiger charge is 2.55. The van der Waals surface area contributed by atoms with Crippen LogP contribution in [0.15, 0.2) is 11.8 Å². The number of hydrogen-bond donors (Lipinski definition) is 10. The van der Waals surface area contributed by atoms with E-state index in [0.29, 0.717) is 18.8 Å². The predicted molar refractivity (Wildman–Crippen MR) is 279 cm³/mol. The molecule has 78 heavy (non-hydrogen) atoms. The Kier molecular flexibility index (Phi) is 21.6. The average Bonchev–Trinajstić information content (AvgIpc) is 4.02. The van der Waals surface area contributed by atoms with Crippen LogP contribution < -0.4 is 31.9 Å². The molecule has 0 aromatic rings. The summed E-state index contributed by atoms with van der Waals surface area (Å²) in [5.74, 6) is -0.700. The van der Waals surface area contributed by atoms with E-state index in [-0.39, 0.29) is 24.8 Å². The van der Waals surface area contributed by atoms with Crippen molar-refractivity contribution in [3.63, 3.8) is 0 Å². The molecule has 2 aliphatic heterocycles. The number of aliphatic hydroxyl groups excluding tert-OH is 3. The van der Waals surface area contributed by atoms with E-state index in [1.54, 1.807) is 110 Å². The number of carbonyl (C=O) groups excluding carboxylic acids is 6. The number of likely N-dealkylation sites (N-methyl/N-ethyl adjacent to an activating group) is 1. The molecule has 448 valence electrons. The first-order valence-corrected chi connectivity index (χ1v) is 26.5. The van der Waals surface area contributed by atoms with Crippen LogP contribution in [0.2, 0.25) is 0 Å². The van der Waals surface area contributed by atoms with Crippen LogP contribution in [-0.4, -0.2) is 202 Å². The molecular weight excluding hydrogens is 1030 g/mol. The summed E-state index contributed by atoms with van der Waals surface area (Å²) in [6.07, 6.45) is -13.1. The molecule has 1 saturated heterocycles. The van der Waals surface area contributed by atoms with E-state index in [1.807, 2.05) is 0 Å². The van der Waals surface area contributed by atoms with Crippen molar-refractivity contribution in [1.29, 1.82) is 0 Å². The van der Waals surface area contributed by atoms with Crippen LogP contribution in [-0.2, 0) is 47.4 Å². The van der Waals surface area contributed by atoms with Gasteiger partial charge in [0, 0.05) is 25.6 Å². The molecular formula is C52H91N7O19. The van der Waals surface area contributed by atoms with Crippen LogP contribution in [0.5, 0.6) is 0 Å². The summed E-state index contributed by atoms with van der Waals surface area (Å²) < 4.78 is 52.8. The highest BCUT2D eigenvalue weighted by atomic mass is 16.7. The number of nitrogens with one attached hydrogen (secondary N) is 6. The first kappa shape index (κ1) is 65.6. The van der Waals surface area contributed by atoms with E-state index in [1.165, 1.54) is 14.0 Å². The van der Waals surface area contributed by atoms with Gasteiger partial charge in [0.05, 0.1) is 43.9 Å². The summed E-state index contributed by atoms with van der Waals surface area (Å²) in [5, 5.41) is 64.0. The molecule has 2 aliphatic carbocycles. The monoisotopic (exact) mass is 1120 g/mol. The van der Waals surface area contributed by atoms with E-state index in [0.717, 1.165) is 17.7 Å². The number of amides is 6. The van der Waals surface area contributed by atoms with Gasteiger partial charge in [0.25, 0.3) is 5.91 Å². The maximum Gasteiger partial charge on any atom is 0.410 e. The zero-order valence-corrected chi connectivity index (χ0v) is 48.7. The minimum absolute atomic E-state index is 0.113. The van der Waals surface area contributed by atoms with Crippen LogP contribution in [0.25, 0.3) is 0 Å². The number of nitrogens with zero attached hydrogens (tertiary/aromatic N) is 1. The molecule has 4 rings (SSSR count). The fourth-order valence-electron chi connectivity index (χ4n) is 8.73. The molecule has 0 aromatic heterocycles. The topological polar surface area (TPSA) is 342 Å². The number of ether oxygens (including phenoxy) is 9. The van der Waals surface area contributed by atoms with Crippen molar-refractivity contribution >= 4 is 36.4 Å². The Hall–Kier alpha value is -4.96. The van der Waals surface area contributed by atoms with Crippen molar-refractivity contribution in [1.82, 2.24) is 36.8 Å². The third-order valence-electron chi connectivity index (χ3n) is 12.3. The molecule has 0 radical (unpaired) electrons. The fraction of sp³-hybridized carbons (Fsp3) is 0.846. The molecule has 12 atom stereocenters. The maximum atomic E-state index is 13.9. The number of rotatable bonds is 17. The van der Waals surface area contributed by atoms with Gasteiger partial charge in [-0.05, 0) is 143 Å². The highest BCUT2D eigenvalue weighted by Crippen LogP contribution is 2.44. The Morgan fingerprint density at radius 3 is 1.65 bits per heavy atom. The van der Waals surface area contributed by atoms with Crippen LogP contribution in [0, 0.1) is 5.41 Å². The van der Waals surface area contributed by atoms with Gasteiger partial charge in [0.15, 0.2) is 6.29 Å². The van der Waals surface area contributed by atoms with Gasteiger partial charge in [-0.25, -0.2) is 24.0 Å². The summed E-state index contributed by atoms with van der Waals surface area (Å²) in [5.41, 5.74) is -6.61. The molecule has 0 aromatic carbocycles. The Morgan fingerprint density at radius 2 is 1.14 bits per heavy atom. The third-order valence-corrected chi connectivity index (χ3v) is 12.3. The standard InChI is InChI=1S/C52H91N7O19/c1-46(2,3)74-41(64)54-24-32(60)38(63)56-30-22-31(58-44(67)77-49(10,11)12)36(33(61)35(30)73-40-34(62)37(51(16,69)27-70-40)59(17)45(68)78-50(13,14)15)72-39-29(57-43(66)76-48(7,8)9)19-18-28(71-39)23-53-25-52(20-21-52)26-55-42(65)75-47(4,5)6/h18,29-37,39-40,53,60-62,69H,19-27H2,1-17H3,(H,54,64)(H,55,65)(H,56,63)(H,57,66)(H,58,67)/t29-,30-,31+,32+,33-,34-,35+,36-,37-,39-,40-,51+/m1/s1. The molecule has 0 bridgehead atoms. The molecule has 3 fully saturated rings. The average molecular weight is 1120 g/mol. The van der Waals surface area contributed by atoms with Crippen molar-refractivity contribution in [2.75, 3.05) is 39.8 Å². The third kappa shape index (κ3) is 21.3. The van der Waals surface area contributed by atoms with E-state index in [9.17, 15) is 49.2 Å². The Morgan fingerprint density at radius 1 is 0.667 bits per heavy atom. The molecule has 26 heteroatoms. The number of alkyl carbamates (subject to hydrolysis) is 4. The SMILES string of the molecule is CN(C(=O)OC(C)(C)C)[C@@H]1[C@@H](O)[C@@H](O[C@@H]2[C@@H](O)[C@H](O[C@H]3OC(CNCC4(CNC(=O)OC(C)(C)C)CC4)=CC[C@H]3NC(=O)OC(C)(C)C)[C@@H](NC(=O)OC(C)(C)C)C[C@H]2NC(=O)[C@@H](O)CNC(=O)OC(C)(C)C)OC[C@]1(C)O. The molecule has 4 aliphatic rings. The van der Waals surface area contributed by atoms with E-state index in [4.69, 9.17) is 42.6 Å². The highest BCUT2D eigenvalue weighted by molar-refractivity contribution is 5.82. The molecule has 2 heterocycles. The minimum Gasteiger partial charge on any atom is -0.466 e. The maximum absolute atomic E-state index is 13.9. The minimum atomic E-state index is -1.94. The van der Waals surface area contributed by atoms with Crippen molar-refractivity contribution in [3.8, 4) is 0 Å². The summed E-state index contributed by atoms with van der Waals surface area (Å²) in [4.78, 5) is 80.3. The van der Waals surface area contributed by atoms with Gasteiger partial charge in [-0.1, -0.05) is 0 Å². The molecule has 6 amide bonds. The smallest absolute Gasteiger partial charge is 0.410 e. The summed E-state index contributed by atoms with van der Waals surface area (Å²) in [6, 6.07) is -5.14. The van der Waals surface area contributed by atoms with Crippen molar-refractivity contribution in [3.05, 3.63) is 11.8 Å². The van der Waals surface area contributed by atoms with Gasteiger partial charge in [0.1, 0.15) is 69.9 Å². The van der Waals surface area contributed by atoms with Gasteiger partial charge in [-0.15, -0.1) is 0 Å². The van der Waals surface area contributed by atoms with Crippen molar-refractivity contribution in [2.45, 2.75) is 237 Å². The van der Waals surface area contributed by atoms with E-state index < -0.39 is 150 Å². The second-order valence-electron chi connectivity index (χ2n) is 25.9. The van der Waals surface area contributed by atoms with Gasteiger partial charge in [0.2, 0.25) is 6.29 Å². The summed E-state index contributed by atoms with van der Waals surface area (Å²) >= 11 is 0. The predicted octanol–water partition coefficient (Wildman–Crippen LogP) is 2.91. The van der Waals surface area contributed by atoms with Crippen LogP contribution in [0.4, 0.5) is 24.0 Å². The lowest BCUT2D eigenvalue weighted by molar-refractivity contribution is -0.311. The molecule has 0 spiro atoms. The van der Waals surface area contributed by atoms with Crippen LogP contribution in [0.3, 0.4) is 0 Å². The summed E-state index contributed by atoms with van der Waals surface area (Å²) in [6.45, 7) is 26.2. The second kappa shape index (κ2) is 25.7. The van der Waals surface area contributed by atoms with Gasteiger partial charge in [-0.2, -0.15) is 0 Å². The first-order valence-electron chi connectivity index (χ1n) is 26.5. The Bertz CT molecular complexity index is 2110. The number of hydrogen-bond acceptors (Lipinski definition) is 20. The Balaban J connectivity index is 1.73. The van der Waals surface area contributed by atoms with Gasteiger partial charge < -0.3 is 99.9 Å². The normalized spacial score (nSPS) is 28.7. The molecule has 26 nitrogen and oxygen atoms in total. The number of aliphatic hydroxyl groups is 4. The lowest BCUT2D eigenvalue weighted by atomic mass is 9.82. The lowest BCUT2D eigenvalue weighted by Crippen LogP contribution is -2.71. The van der Waals surface area contributed by atoms with E-state index in [2.05, 4.69) is 31.9 Å². The number of carbonyl (C=O) groups is 6. The van der Waals surface area contributed by atoms with Gasteiger partial charge in [-0.3, -0.25) is 4.79 Å². The van der Waals surface area contributed by atoms with Crippen LogP contribution in [0.1, 0.15) is 136 Å². The van der Waals surface area contributed by atoms with Crippen molar-refractivity contribution in [2.24, 2.45) is 5.41 Å². The largest absolute Gasteiger partial charge is 0.466 e. The lowest BCUT2D eigenvalue weighted by Gasteiger charge is -2.50. The van der Waals surface area contributed by atoms with Crippen molar-refractivity contribution < 1.29 is 91.8 Å². The van der Waals surface area contributed by atoms with E-state index >= 15 is 0 Å². The second-order valence-corrected chi connectivity index (χ2v) is 25.9.